The highest BCUT2D eigenvalue weighted by Crippen LogP contribution is 2.74. The lowest BCUT2D eigenvalue weighted by Crippen LogP contribution is -2.62. The third-order valence-corrected chi connectivity index (χ3v) is 7.64. The molecule has 1 heterocycles. The molecule has 4 aliphatic rings. The second-order valence-corrected chi connectivity index (χ2v) is 9.50. The van der Waals surface area contributed by atoms with E-state index < -0.39 is 0 Å². The molecule has 3 fully saturated rings. The van der Waals surface area contributed by atoms with Crippen LogP contribution in [0.3, 0.4) is 0 Å². The van der Waals surface area contributed by atoms with Crippen molar-refractivity contribution in [3.63, 3.8) is 0 Å². The fraction of sp³-hybridized carbons (Fsp3) is 0.905. The van der Waals surface area contributed by atoms with Crippen LogP contribution in [0.5, 0.6) is 0 Å². The molecule has 0 aromatic carbocycles. The van der Waals surface area contributed by atoms with Crippen LogP contribution in [0.25, 0.3) is 0 Å². The number of rotatable bonds is 3. The molecular weight excluding hydrogens is 266 g/mol. The summed E-state index contributed by atoms with van der Waals surface area (Å²) in [7, 11) is 0. The van der Waals surface area contributed by atoms with Crippen molar-refractivity contribution in [3.05, 3.63) is 11.1 Å². The zero-order chi connectivity index (χ0) is 15.8. The molecule has 0 aromatic rings. The van der Waals surface area contributed by atoms with Crippen molar-refractivity contribution in [2.75, 3.05) is 6.54 Å². The Bertz CT molecular complexity index is 500. The van der Waals surface area contributed by atoms with Gasteiger partial charge < -0.3 is 0 Å². The number of nitrogens with zero attached hydrogens (tertiary/aromatic N) is 1. The van der Waals surface area contributed by atoms with Crippen LogP contribution < -0.4 is 0 Å². The molecule has 0 amide bonds. The highest BCUT2D eigenvalue weighted by atomic mass is 15.2. The smallest absolute Gasteiger partial charge is 0.0135 e. The van der Waals surface area contributed by atoms with Gasteiger partial charge in [-0.25, -0.2) is 0 Å². The van der Waals surface area contributed by atoms with Crippen LogP contribution in [-0.2, 0) is 0 Å². The van der Waals surface area contributed by atoms with Gasteiger partial charge in [0.1, 0.15) is 0 Å². The summed E-state index contributed by atoms with van der Waals surface area (Å²) in [6, 6.07) is 1.63. The Morgan fingerprint density at radius 3 is 2.18 bits per heavy atom. The van der Waals surface area contributed by atoms with Gasteiger partial charge in [-0.05, 0) is 75.7 Å². The highest BCUT2D eigenvalue weighted by Gasteiger charge is 2.68. The van der Waals surface area contributed by atoms with Crippen LogP contribution in [0, 0.1) is 35.0 Å². The third-order valence-electron chi connectivity index (χ3n) is 7.64. The van der Waals surface area contributed by atoms with Crippen LogP contribution in [0.4, 0.5) is 0 Å². The lowest BCUT2D eigenvalue weighted by Gasteiger charge is -2.61. The van der Waals surface area contributed by atoms with E-state index in [1.807, 2.05) is 11.1 Å². The van der Waals surface area contributed by atoms with Gasteiger partial charge in [-0.15, -0.1) is 0 Å². The topological polar surface area (TPSA) is 3.24 Å². The van der Waals surface area contributed by atoms with E-state index in [0.717, 1.165) is 41.7 Å². The van der Waals surface area contributed by atoms with Crippen LogP contribution in [0.1, 0.15) is 67.2 Å². The van der Waals surface area contributed by atoms with Gasteiger partial charge in [0.15, 0.2) is 0 Å². The fourth-order valence-electron chi connectivity index (χ4n) is 6.97. The summed E-state index contributed by atoms with van der Waals surface area (Å²) >= 11 is 0. The minimum atomic E-state index is 0.618. The molecule has 5 atom stereocenters. The molecule has 0 unspecified atom stereocenters. The maximum absolute atomic E-state index is 2.84. The molecule has 0 N–H and O–H groups in total. The first-order valence-electron chi connectivity index (χ1n) is 9.89. The first-order chi connectivity index (χ1) is 10.4. The average molecular weight is 302 g/mol. The number of piperidine rings is 1. The van der Waals surface area contributed by atoms with Crippen molar-refractivity contribution in [1.29, 1.82) is 0 Å². The first-order valence-corrected chi connectivity index (χ1v) is 9.89. The molecule has 124 valence electrons. The second kappa shape index (κ2) is 4.85. The van der Waals surface area contributed by atoms with E-state index in [1.165, 1.54) is 32.2 Å². The van der Waals surface area contributed by atoms with Crippen molar-refractivity contribution >= 4 is 0 Å². The number of allylic oxidation sites excluding steroid dienone is 2. The summed E-state index contributed by atoms with van der Waals surface area (Å²) in [5.41, 5.74) is 4.47. The molecule has 4 rings (SSSR count). The van der Waals surface area contributed by atoms with Crippen molar-refractivity contribution < 1.29 is 0 Å². The normalized spacial score (nSPS) is 44.0. The van der Waals surface area contributed by atoms with Crippen LogP contribution in [0.15, 0.2) is 11.1 Å². The number of hydrogen-bond acceptors (Lipinski definition) is 1. The van der Waals surface area contributed by atoms with E-state index in [0.29, 0.717) is 5.41 Å². The van der Waals surface area contributed by atoms with Crippen LogP contribution in [-0.4, -0.2) is 23.5 Å². The fourth-order valence-corrected chi connectivity index (χ4v) is 6.97. The molecule has 1 nitrogen and oxygen atoms in total. The monoisotopic (exact) mass is 301 g/mol. The van der Waals surface area contributed by atoms with Crippen LogP contribution in [0.2, 0.25) is 0 Å². The summed E-state index contributed by atoms with van der Waals surface area (Å²) in [6.07, 6.45) is 5.94. The van der Waals surface area contributed by atoms with Crippen molar-refractivity contribution in [2.45, 2.75) is 79.3 Å². The molecule has 1 spiro atoms. The van der Waals surface area contributed by atoms with E-state index in [-0.39, 0.29) is 0 Å². The number of fused-ring (bicyclic) bond motifs is 4. The summed E-state index contributed by atoms with van der Waals surface area (Å²) in [5.74, 6) is 4.52. The van der Waals surface area contributed by atoms with E-state index in [1.54, 1.807) is 0 Å². The first kappa shape index (κ1) is 15.2. The van der Waals surface area contributed by atoms with E-state index in [2.05, 4.69) is 46.4 Å². The summed E-state index contributed by atoms with van der Waals surface area (Å²) < 4.78 is 0. The van der Waals surface area contributed by atoms with E-state index in [9.17, 15) is 0 Å². The molecule has 1 saturated heterocycles. The van der Waals surface area contributed by atoms with Gasteiger partial charge in [0, 0.05) is 17.5 Å². The molecule has 22 heavy (non-hydrogen) atoms. The highest BCUT2D eigenvalue weighted by molar-refractivity contribution is 5.43. The zero-order valence-corrected chi connectivity index (χ0v) is 15.5. The lowest BCUT2D eigenvalue weighted by atomic mass is 9.52. The standard InChI is InChI=1S/C21H35N/c1-12(2)19-15-11-17(15)21(20(19)13(3)4)9-10-22(14(5)6)18-8-7-16(18)21/h12-18H,7-11H2,1-6H3/t15-,16-,17+,18+,21-/m1/s1. The quantitative estimate of drug-likeness (QED) is 0.654. The SMILES string of the molecule is CC(C)C1=C(C(C)C)[C@@]2(CCN(C(C)C)[C@H]3CC[C@H]32)[C@H]2C[C@@H]12. The van der Waals surface area contributed by atoms with Crippen molar-refractivity contribution in [1.82, 2.24) is 4.90 Å². The largest absolute Gasteiger partial charge is 0.298 e. The van der Waals surface area contributed by atoms with Crippen molar-refractivity contribution in [2.24, 2.45) is 35.0 Å². The molecule has 1 heteroatoms. The predicted molar refractivity (Wildman–Crippen MR) is 93.7 cm³/mol. The van der Waals surface area contributed by atoms with Gasteiger partial charge in [-0.3, -0.25) is 4.90 Å². The molecule has 2 saturated carbocycles. The lowest BCUT2D eigenvalue weighted by molar-refractivity contribution is -0.0851. The van der Waals surface area contributed by atoms with Gasteiger partial charge >= 0.3 is 0 Å². The predicted octanol–water partition coefficient (Wildman–Crippen LogP) is 5.12. The number of likely N-dealkylation sites (tertiary alicyclic amines) is 1. The van der Waals surface area contributed by atoms with Gasteiger partial charge in [0.25, 0.3) is 0 Å². The van der Waals surface area contributed by atoms with E-state index >= 15 is 0 Å². The third kappa shape index (κ3) is 1.75. The van der Waals surface area contributed by atoms with Gasteiger partial charge in [0.05, 0.1) is 0 Å². The molecule has 3 aliphatic carbocycles. The Kier molecular flexibility index (Phi) is 3.36. The molecule has 0 aromatic heterocycles. The Morgan fingerprint density at radius 1 is 0.955 bits per heavy atom. The second-order valence-electron chi connectivity index (χ2n) is 9.50. The Morgan fingerprint density at radius 2 is 1.68 bits per heavy atom. The Balaban J connectivity index is 1.75. The zero-order valence-electron chi connectivity index (χ0n) is 15.5. The van der Waals surface area contributed by atoms with Crippen molar-refractivity contribution in [3.8, 4) is 0 Å². The number of hydrogen-bond donors (Lipinski definition) is 0. The molecule has 1 aliphatic heterocycles. The minimum absolute atomic E-state index is 0.618. The minimum Gasteiger partial charge on any atom is -0.298 e. The van der Waals surface area contributed by atoms with Gasteiger partial charge in [-0.1, -0.05) is 38.8 Å². The molecular formula is C21H35N. The summed E-state index contributed by atoms with van der Waals surface area (Å²) in [4.78, 5) is 2.84. The van der Waals surface area contributed by atoms with Gasteiger partial charge in [-0.2, -0.15) is 0 Å². The average Bonchev–Trinajstić information content (AvgIpc) is 3.11. The molecule has 0 bridgehead atoms. The Labute approximate surface area is 137 Å². The Hall–Kier alpha value is -0.300. The van der Waals surface area contributed by atoms with Gasteiger partial charge in [0.2, 0.25) is 0 Å². The molecule has 0 radical (unpaired) electrons. The summed E-state index contributed by atoms with van der Waals surface area (Å²) in [5, 5.41) is 0. The van der Waals surface area contributed by atoms with Crippen LogP contribution >= 0.6 is 0 Å². The maximum Gasteiger partial charge on any atom is 0.0135 e. The summed E-state index contributed by atoms with van der Waals surface area (Å²) in [6.45, 7) is 16.0. The maximum atomic E-state index is 2.84. The van der Waals surface area contributed by atoms with E-state index in [4.69, 9.17) is 0 Å².